The molecule has 1 aromatic rings. The summed E-state index contributed by atoms with van der Waals surface area (Å²) in [6.45, 7) is 1.07. The van der Waals surface area contributed by atoms with Crippen LogP contribution in [0.25, 0.3) is 0 Å². The molecule has 104 valence electrons. The second-order valence-corrected chi connectivity index (χ2v) is 5.52. The van der Waals surface area contributed by atoms with Gasteiger partial charge in [-0.1, -0.05) is 11.6 Å². The first-order valence-corrected chi connectivity index (χ1v) is 6.75. The Morgan fingerprint density at radius 3 is 2.75 bits per heavy atom. The Hall–Kier alpha value is -1.64. The molecule has 20 heavy (non-hydrogen) atoms. The van der Waals surface area contributed by atoms with E-state index in [0.29, 0.717) is 31.5 Å². The molecule has 1 amide bonds. The molecule has 2 saturated heterocycles. The highest BCUT2D eigenvalue weighted by Gasteiger charge is 2.58. The number of halogens is 2. The second-order valence-electron chi connectivity index (χ2n) is 5.11. The van der Waals surface area contributed by atoms with Crippen molar-refractivity contribution >= 4 is 17.5 Å². The number of hydrogen-bond donors (Lipinski definition) is 0. The van der Waals surface area contributed by atoms with Crippen molar-refractivity contribution in [3.63, 3.8) is 0 Å². The molecule has 2 aliphatic rings. The van der Waals surface area contributed by atoms with E-state index in [-0.39, 0.29) is 22.6 Å². The number of epoxide rings is 1. The summed E-state index contributed by atoms with van der Waals surface area (Å²) in [4.78, 5) is 14.0. The lowest BCUT2D eigenvalue weighted by atomic mass is 9.93. The van der Waals surface area contributed by atoms with Crippen molar-refractivity contribution in [2.24, 2.45) is 0 Å². The first-order valence-electron chi connectivity index (χ1n) is 6.37. The lowest BCUT2D eigenvalue weighted by Crippen LogP contribution is -2.42. The molecule has 0 saturated carbocycles. The minimum absolute atomic E-state index is 0.0561. The van der Waals surface area contributed by atoms with E-state index < -0.39 is 5.82 Å². The van der Waals surface area contributed by atoms with Crippen LogP contribution < -0.4 is 0 Å². The van der Waals surface area contributed by atoms with E-state index in [9.17, 15) is 9.18 Å². The first-order chi connectivity index (χ1) is 9.55. The molecule has 2 aliphatic heterocycles. The number of amides is 1. The van der Waals surface area contributed by atoms with Gasteiger partial charge in [-0.25, -0.2) is 4.39 Å². The maximum Gasteiger partial charge on any atom is 0.253 e. The maximum absolute atomic E-state index is 13.1. The van der Waals surface area contributed by atoms with Gasteiger partial charge in [0.2, 0.25) is 0 Å². The van der Waals surface area contributed by atoms with Crippen LogP contribution in [0.3, 0.4) is 0 Å². The largest absolute Gasteiger partial charge is 0.350 e. The number of likely N-dealkylation sites (tertiary alicyclic amines) is 1. The van der Waals surface area contributed by atoms with Crippen molar-refractivity contribution in [3.8, 4) is 6.07 Å². The molecule has 0 bridgehead atoms. The number of nitriles is 1. The Morgan fingerprint density at radius 1 is 1.50 bits per heavy atom. The van der Waals surface area contributed by atoms with Crippen molar-refractivity contribution in [2.75, 3.05) is 13.1 Å². The van der Waals surface area contributed by atoms with Crippen LogP contribution in [0, 0.1) is 17.1 Å². The molecule has 4 nitrogen and oxygen atoms in total. The van der Waals surface area contributed by atoms with Gasteiger partial charge in [0.05, 0.1) is 11.1 Å². The summed E-state index contributed by atoms with van der Waals surface area (Å²) >= 11 is 5.69. The number of rotatable bonds is 1. The zero-order valence-electron chi connectivity index (χ0n) is 10.6. The molecular weight excluding hydrogens is 283 g/mol. The molecule has 1 unspecified atom stereocenters. The van der Waals surface area contributed by atoms with Gasteiger partial charge in [0.15, 0.2) is 6.10 Å². The van der Waals surface area contributed by atoms with Crippen LogP contribution in [-0.2, 0) is 4.74 Å². The number of carbonyl (C=O) groups excluding carboxylic acids is 1. The SMILES string of the molecule is N#CC1OC12CCN(C(=O)c1ccc(F)c(Cl)c1)CC2. The zero-order chi connectivity index (χ0) is 14.3. The van der Waals surface area contributed by atoms with Crippen molar-refractivity contribution in [1.82, 2.24) is 4.90 Å². The fraction of sp³-hybridized carbons (Fsp3) is 0.429. The normalized spacial score (nSPS) is 23.4. The summed E-state index contributed by atoms with van der Waals surface area (Å²) in [5.41, 5.74) is 0.0345. The van der Waals surface area contributed by atoms with Gasteiger partial charge in [-0.05, 0) is 31.0 Å². The smallest absolute Gasteiger partial charge is 0.253 e. The summed E-state index contributed by atoms with van der Waals surface area (Å²) in [7, 11) is 0. The van der Waals surface area contributed by atoms with Gasteiger partial charge >= 0.3 is 0 Å². The lowest BCUT2D eigenvalue weighted by Gasteiger charge is -2.30. The highest BCUT2D eigenvalue weighted by atomic mass is 35.5. The average molecular weight is 295 g/mol. The average Bonchev–Trinajstić information content (AvgIpc) is 3.15. The topological polar surface area (TPSA) is 56.6 Å². The van der Waals surface area contributed by atoms with E-state index in [1.165, 1.54) is 18.2 Å². The van der Waals surface area contributed by atoms with Crippen molar-refractivity contribution in [3.05, 3.63) is 34.6 Å². The molecular formula is C14H12ClFN2O2. The predicted octanol–water partition coefficient (Wildman–Crippen LogP) is 2.38. The van der Waals surface area contributed by atoms with Gasteiger partial charge in [-0.3, -0.25) is 4.79 Å². The molecule has 2 heterocycles. The monoisotopic (exact) mass is 294 g/mol. The summed E-state index contributed by atoms with van der Waals surface area (Å²) in [6.07, 6.45) is 0.984. The third-order valence-corrected chi connectivity index (χ3v) is 4.24. The summed E-state index contributed by atoms with van der Waals surface area (Å²) in [5.74, 6) is -0.708. The van der Waals surface area contributed by atoms with Gasteiger partial charge < -0.3 is 9.64 Å². The first kappa shape index (κ1) is 13.3. The van der Waals surface area contributed by atoms with Crippen LogP contribution >= 0.6 is 11.6 Å². The summed E-state index contributed by atoms with van der Waals surface area (Å²) in [5, 5.41) is 8.77. The third-order valence-electron chi connectivity index (χ3n) is 3.95. The van der Waals surface area contributed by atoms with E-state index in [4.69, 9.17) is 21.6 Å². The van der Waals surface area contributed by atoms with Crippen LogP contribution in [0.2, 0.25) is 5.02 Å². The van der Waals surface area contributed by atoms with Gasteiger partial charge in [0, 0.05) is 18.7 Å². The quantitative estimate of drug-likeness (QED) is 0.747. The van der Waals surface area contributed by atoms with Crippen LogP contribution in [0.5, 0.6) is 0 Å². The second kappa shape index (κ2) is 4.72. The Labute approximate surface area is 120 Å². The van der Waals surface area contributed by atoms with E-state index >= 15 is 0 Å². The number of piperidine rings is 1. The van der Waals surface area contributed by atoms with Crippen molar-refractivity contribution < 1.29 is 13.9 Å². The number of ether oxygens (including phenoxy) is 1. The Balaban J connectivity index is 1.68. The Bertz CT molecular complexity index is 606. The van der Waals surface area contributed by atoms with Gasteiger partial charge in [-0.15, -0.1) is 0 Å². The van der Waals surface area contributed by atoms with Crippen LogP contribution in [0.1, 0.15) is 23.2 Å². The molecule has 1 spiro atoms. The Morgan fingerprint density at radius 2 is 2.20 bits per heavy atom. The third kappa shape index (κ3) is 2.15. The molecule has 0 radical (unpaired) electrons. The van der Waals surface area contributed by atoms with Crippen molar-refractivity contribution in [2.45, 2.75) is 24.5 Å². The number of carbonyl (C=O) groups is 1. The lowest BCUT2D eigenvalue weighted by molar-refractivity contribution is 0.0663. The van der Waals surface area contributed by atoms with Crippen LogP contribution in [0.4, 0.5) is 4.39 Å². The summed E-state index contributed by atoms with van der Waals surface area (Å²) in [6, 6.07) is 6.07. The molecule has 1 atom stereocenters. The fourth-order valence-electron chi connectivity index (χ4n) is 2.62. The highest BCUT2D eigenvalue weighted by Crippen LogP contribution is 2.44. The van der Waals surface area contributed by atoms with Gasteiger partial charge in [0.25, 0.3) is 5.91 Å². The van der Waals surface area contributed by atoms with Crippen LogP contribution in [0.15, 0.2) is 18.2 Å². The Kier molecular flexibility index (Phi) is 3.15. The zero-order valence-corrected chi connectivity index (χ0v) is 11.4. The number of nitrogens with zero attached hydrogens (tertiary/aromatic N) is 2. The molecule has 1 aromatic carbocycles. The molecule has 3 rings (SSSR count). The van der Waals surface area contributed by atoms with Crippen molar-refractivity contribution in [1.29, 1.82) is 5.26 Å². The minimum atomic E-state index is -0.538. The molecule has 2 fully saturated rings. The van der Waals surface area contributed by atoms with E-state index in [2.05, 4.69) is 6.07 Å². The highest BCUT2D eigenvalue weighted by molar-refractivity contribution is 6.31. The molecule has 0 aromatic heterocycles. The fourth-order valence-corrected chi connectivity index (χ4v) is 2.81. The standard InChI is InChI=1S/C14H12ClFN2O2/c15-10-7-9(1-2-11(10)16)13(19)18-5-3-14(4-6-18)12(8-17)20-14/h1-2,7,12H,3-6H2. The van der Waals surface area contributed by atoms with E-state index in [1.54, 1.807) is 4.90 Å². The maximum atomic E-state index is 13.1. The van der Waals surface area contributed by atoms with Gasteiger partial charge in [-0.2, -0.15) is 5.26 Å². The molecule has 6 heteroatoms. The van der Waals surface area contributed by atoms with E-state index in [0.717, 1.165) is 0 Å². The number of hydrogen-bond acceptors (Lipinski definition) is 3. The van der Waals surface area contributed by atoms with E-state index in [1.807, 2.05) is 0 Å². The number of benzene rings is 1. The molecule has 0 aliphatic carbocycles. The summed E-state index contributed by atoms with van der Waals surface area (Å²) < 4.78 is 18.5. The van der Waals surface area contributed by atoms with Gasteiger partial charge in [0.1, 0.15) is 11.4 Å². The van der Waals surface area contributed by atoms with Crippen LogP contribution in [-0.4, -0.2) is 35.6 Å². The minimum Gasteiger partial charge on any atom is -0.350 e. The predicted molar refractivity (Wildman–Crippen MR) is 69.8 cm³/mol. The molecule has 0 N–H and O–H groups in total.